The Morgan fingerprint density at radius 3 is 2.20 bits per heavy atom. The predicted molar refractivity (Wildman–Crippen MR) is 47.6 cm³/mol. The summed E-state index contributed by atoms with van der Waals surface area (Å²) >= 11 is 0. The molecule has 0 saturated heterocycles. The van der Waals surface area contributed by atoms with Crippen molar-refractivity contribution in [2.75, 3.05) is 26.6 Å². The Bertz CT molecular complexity index is 208. The first-order chi connectivity index (χ1) is 7.11. The van der Waals surface area contributed by atoms with E-state index in [9.17, 15) is 18.4 Å². The molecule has 0 aliphatic heterocycles. The van der Waals surface area contributed by atoms with Crippen LogP contribution in [0.3, 0.4) is 0 Å². The second-order valence-electron chi connectivity index (χ2n) is 2.87. The average Bonchev–Trinajstić information content (AvgIpc) is 2.22. The van der Waals surface area contributed by atoms with Gasteiger partial charge in [0.15, 0.2) is 0 Å². The number of hydrogen-bond donors (Lipinski definition) is 0. The highest BCUT2D eigenvalue weighted by Crippen LogP contribution is 2.06. The van der Waals surface area contributed by atoms with Crippen molar-refractivity contribution in [3.63, 3.8) is 0 Å². The molecule has 0 aromatic carbocycles. The molecule has 0 aromatic heterocycles. The monoisotopic (exact) mass is 224 g/mol. The molecule has 0 bridgehead atoms. The van der Waals surface area contributed by atoms with Crippen LogP contribution in [-0.2, 0) is 19.1 Å². The van der Waals surface area contributed by atoms with E-state index in [4.69, 9.17) is 0 Å². The maximum atomic E-state index is 11.6. The molecule has 0 rings (SSSR count). The third kappa shape index (κ3) is 6.82. The average molecular weight is 224 g/mol. The molecule has 0 aliphatic carbocycles. The Morgan fingerprint density at radius 1 is 1.13 bits per heavy atom. The lowest BCUT2D eigenvalue weighted by molar-refractivity contribution is -0.154. The number of carbonyl (C=O) groups excluding carboxylic acids is 2. The van der Waals surface area contributed by atoms with Crippen LogP contribution in [0.2, 0.25) is 0 Å². The van der Waals surface area contributed by atoms with E-state index < -0.39 is 31.2 Å². The van der Waals surface area contributed by atoms with Crippen LogP contribution >= 0.6 is 0 Å². The first-order valence-electron chi connectivity index (χ1n) is 4.56. The number of esters is 2. The molecule has 0 aliphatic rings. The van der Waals surface area contributed by atoms with Gasteiger partial charge >= 0.3 is 11.9 Å². The summed E-state index contributed by atoms with van der Waals surface area (Å²) in [6.07, 6.45) is -0.189. The van der Waals surface area contributed by atoms with Gasteiger partial charge in [-0.3, -0.25) is 9.59 Å². The first kappa shape index (κ1) is 13.8. The third-order valence-corrected chi connectivity index (χ3v) is 1.54. The summed E-state index contributed by atoms with van der Waals surface area (Å²) < 4.78 is 32.1. The number of carbonyl (C=O) groups is 2. The Morgan fingerprint density at radius 2 is 1.67 bits per heavy atom. The highest BCUT2D eigenvalue weighted by atomic mass is 19.1. The molecule has 6 heteroatoms. The number of hydrogen-bond acceptors (Lipinski definition) is 4. The van der Waals surface area contributed by atoms with Crippen LogP contribution in [0, 0.1) is 5.92 Å². The largest absolute Gasteiger partial charge is 0.463 e. The minimum Gasteiger partial charge on any atom is -0.463 e. The minimum atomic E-state index is -0.759. The van der Waals surface area contributed by atoms with E-state index in [1.807, 2.05) is 0 Å². The second-order valence-corrected chi connectivity index (χ2v) is 2.87. The smallest absolute Gasteiger partial charge is 0.309 e. The summed E-state index contributed by atoms with van der Waals surface area (Å²) in [5.74, 6) is -2.04. The molecule has 4 nitrogen and oxygen atoms in total. The Balaban J connectivity index is 3.75. The molecule has 0 radical (unpaired) electrons. The van der Waals surface area contributed by atoms with Crippen LogP contribution in [0.5, 0.6) is 0 Å². The van der Waals surface area contributed by atoms with Crippen molar-refractivity contribution < 1.29 is 27.8 Å². The maximum Gasteiger partial charge on any atom is 0.309 e. The quantitative estimate of drug-likeness (QED) is 0.606. The number of halogens is 2. The van der Waals surface area contributed by atoms with Crippen LogP contribution in [-0.4, -0.2) is 38.5 Å². The maximum absolute atomic E-state index is 11.6. The van der Waals surface area contributed by atoms with Crippen LogP contribution in [0.1, 0.15) is 13.3 Å². The molecule has 0 N–H and O–H groups in total. The normalized spacial score (nSPS) is 11.9. The summed E-state index contributed by atoms with van der Waals surface area (Å²) in [6.45, 7) is -0.692. The zero-order valence-electron chi connectivity index (χ0n) is 8.50. The number of alkyl halides is 2. The van der Waals surface area contributed by atoms with Crippen LogP contribution < -0.4 is 0 Å². The fraction of sp³-hybridized carbons (Fsp3) is 0.778. The van der Waals surface area contributed by atoms with Crippen LogP contribution in [0.4, 0.5) is 8.78 Å². The van der Waals surface area contributed by atoms with Crippen LogP contribution in [0.25, 0.3) is 0 Å². The summed E-state index contributed by atoms with van der Waals surface area (Å²) in [6, 6.07) is 0. The summed E-state index contributed by atoms with van der Waals surface area (Å²) in [5.41, 5.74) is 0. The highest BCUT2D eigenvalue weighted by Gasteiger charge is 2.19. The molecule has 0 aromatic rings. The summed E-state index contributed by atoms with van der Waals surface area (Å²) in [4.78, 5) is 22.0. The number of ether oxygens (including phenoxy) is 2. The van der Waals surface area contributed by atoms with Crippen molar-refractivity contribution in [1.82, 2.24) is 0 Å². The molecule has 15 heavy (non-hydrogen) atoms. The molecular weight excluding hydrogens is 210 g/mol. The van der Waals surface area contributed by atoms with Gasteiger partial charge in [-0.2, -0.15) is 0 Å². The lowest BCUT2D eigenvalue weighted by atomic mass is 10.1. The molecule has 88 valence electrons. The molecule has 0 spiro atoms. The van der Waals surface area contributed by atoms with Gasteiger partial charge in [0, 0.05) is 0 Å². The van der Waals surface area contributed by atoms with Crippen molar-refractivity contribution in [2.45, 2.75) is 13.3 Å². The predicted octanol–water partition coefficient (Wildman–Crippen LogP) is 1.04. The van der Waals surface area contributed by atoms with Crippen molar-refractivity contribution >= 4 is 11.9 Å². The second kappa shape index (κ2) is 8.14. The van der Waals surface area contributed by atoms with E-state index >= 15 is 0 Å². The van der Waals surface area contributed by atoms with Crippen molar-refractivity contribution in [3.05, 3.63) is 0 Å². The fourth-order valence-electron chi connectivity index (χ4n) is 0.826. The van der Waals surface area contributed by atoms with E-state index in [1.165, 1.54) is 6.92 Å². The topological polar surface area (TPSA) is 52.6 Å². The summed E-state index contributed by atoms with van der Waals surface area (Å²) in [7, 11) is 0. The summed E-state index contributed by atoms with van der Waals surface area (Å²) in [5, 5.41) is 0. The van der Waals surface area contributed by atoms with Gasteiger partial charge in [0.2, 0.25) is 0 Å². The van der Waals surface area contributed by atoms with Gasteiger partial charge in [0.05, 0.1) is 12.3 Å². The van der Waals surface area contributed by atoms with Gasteiger partial charge in [0.25, 0.3) is 0 Å². The number of rotatable bonds is 7. The van der Waals surface area contributed by atoms with Gasteiger partial charge in [-0.05, 0) is 0 Å². The van der Waals surface area contributed by atoms with E-state index in [0.29, 0.717) is 0 Å². The lowest BCUT2D eigenvalue weighted by Crippen LogP contribution is -2.20. The highest BCUT2D eigenvalue weighted by molar-refractivity contribution is 5.79. The van der Waals surface area contributed by atoms with Gasteiger partial charge in [-0.25, -0.2) is 8.78 Å². The van der Waals surface area contributed by atoms with Crippen LogP contribution in [0.15, 0.2) is 0 Å². The first-order valence-corrected chi connectivity index (χ1v) is 4.56. The molecule has 0 heterocycles. The van der Waals surface area contributed by atoms with Crippen molar-refractivity contribution in [2.24, 2.45) is 5.92 Å². The van der Waals surface area contributed by atoms with Gasteiger partial charge < -0.3 is 9.47 Å². The Hall–Kier alpha value is -1.20. The van der Waals surface area contributed by atoms with Gasteiger partial charge in [-0.1, -0.05) is 6.92 Å². The van der Waals surface area contributed by atoms with E-state index in [0.717, 1.165) is 0 Å². The molecule has 0 fully saturated rings. The molecule has 1 atom stereocenters. The fourth-order valence-corrected chi connectivity index (χ4v) is 0.826. The SMILES string of the molecule is CC(CC(=O)OCCF)C(=O)OCCF. The minimum absolute atomic E-state index is 0.189. The molecular formula is C9H14F2O4. The lowest BCUT2D eigenvalue weighted by Gasteiger charge is -2.09. The molecule has 1 unspecified atom stereocenters. The van der Waals surface area contributed by atoms with Crippen molar-refractivity contribution in [1.29, 1.82) is 0 Å². The van der Waals surface area contributed by atoms with E-state index in [-0.39, 0.29) is 19.6 Å². The van der Waals surface area contributed by atoms with Gasteiger partial charge in [-0.15, -0.1) is 0 Å². The van der Waals surface area contributed by atoms with Crippen molar-refractivity contribution in [3.8, 4) is 0 Å². The third-order valence-electron chi connectivity index (χ3n) is 1.54. The Labute approximate surface area is 86.5 Å². The Kier molecular flexibility index (Phi) is 7.49. The van der Waals surface area contributed by atoms with E-state index in [1.54, 1.807) is 0 Å². The van der Waals surface area contributed by atoms with E-state index in [2.05, 4.69) is 9.47 Å². The zero-order chi connectivity index (χ0) is 11.7. The standard InChI is InChI=1S/C9H14F2O4/c1-7(9(13)15-5-3-11)6-8(12)14-4-2-10/h7H,2-6H2,1H3. The zero-order valence-corrected chi connectivity index (χ0v) is 8.50. The molecule has 0 amide bonds. The molecule has 0 saturated carbocycles. The van der Waals surface area contributed by atoms with Gasteiger partial charge in [0.1, 0.15) is 26.6 Å².